The van der Waals surface area contributed by atoms with Crippen LogP contribution in [0.2, 0.25) is 0 Å². The molecule has 3 rings (SSSR count). The summed E-state index contributed by atoms with van der Waals surface area (Å²) < 4.78 is 7.28. The average Bonchev–Trinajstić information content (AvgIpc) is 2.84. The Labute approximate surface area is 123 Å². The fraction of sp³-hybridized carbons (Fsp3) is 0.467. The highest BCUT2D eigenvalue weighted by molar-refractivity contribution is 5.93. The number of carbonyl (C=O) groups excluding carboxylic acids is 1. The number of nitrogens with zero attached hydrogens (tertiary/aromatic N) is 3. The van der Waals surface area contributed by atoms with E-state index < -0.39 is 5.91 Å². The van der Waals surface area contributed by atoms with Crippen molar-refractivity contribution < 1.29 is 9.53 Å². The van der Waals surface area contributed by atoms with Crippen LogP contribution in [0.25, 0.3) is 11.0 Å². The van der Waals surface area contributed by atoms with Crippen molar-refractivity contribution in [2.24, 2.45) is 5.73 Å². The molecular formula is C15H20N4O2. The van der Waals surface area contributed by atoms with Crippen LogP contribution >= 0.6 is 0 Å². The molecule has 0 unspecified atom stereocenters. The topological polar surface area (TPSA) is 73.4 Å². The Morgan fingerprint density at radius 3 is 2.81 bits per heavy atom. The van der Waals surface area contributed by atoms with Gasteiger partial charge in [0.25, 0.3) is 5.91 Å². The number of amides is 1. The first-order chi connectivity index (χ1) is 10.1. The molecule has 21 heavy (non-hydrogen) atoms. The lowest BCUT2D eigenvalue weighted by Gasteiger charge is -2.26. The van der Waals surface area contributed by atoms with Gasteiger partial charge in [-0.25, -0.2) is 4.98 Å². The SMILES string of the molecule is Cc1ccc2nc(C(N)=O)n(CCN3CCOCC3)c2c1. The van der Waals surface area contributed by atoms with Gasteiger partial charge in [-0.15, -0.1) is 0 Å². The minimum absolute atomic E-state index is 0.337. The Kier molecular flexibility index (Phi) is 3.90. The van der Waals surface area contributed by atoms with Crippen LogP contribution in [0.5, 0.6) is 0 Å². The zero-order valence-electron chi connectivity index (χ0n) is 12.2. The van der Waals surface area contributed by atoms with Crippen LogP contribution in [0.4, 0.5) is 0 Å². The van der Waals surface area contributed by atoms with Crippen LogP contribution in [-0.4, -0.2) is 53.2 Å². The largest absolute Gasteiger partial charge is 0.379 e. The maximum absolute atomic E-state index is 11.6. The molecule has 2 heterocycles. The number of hydrogen-bond acceptors (Lipinski definition) is 4. The van der Waals surface area contributed by atoms with E-state index >= 15 is 0 Å². The fourth-order valence-corrected chi connectivity index (χ4v) is 2.71. The molecule has 6 nitrogen and oxygen atoms in total. The van der Waals surface area contributed by atoms with Crippen LogP contribution < -0.4 is 5.73 Å². The fourth-order valence-electron chi connectivity index (χ4n) is 2.71. The van der Waals surface area contributed by atoms with Crippen LogP contribution in [0.1, 0.15) is 16.2 Å². The first kappa shape index (κ1) is 14.0. The molecule has 112 valence electrons. The lowest BCUT2D eigenvalue weighted by Crippen LogP contribution is -2.38. The van der Waals surface area contributed by atoms with E-state index in [-0.39, 0.29) is 0 Å². The van der Waals surface area contributed by atoms with E-state index in [4.69, 9.17) is 10.5 Å². The van der Waals surface area contributed by atoms with Gasteiger partial charge in [0.05, 0.1) is 24.2 Å². The summed E-state index contributed by atoms with van der Waals surface area (Å²) in [6.45, 7) is 7.00. The van der Waals surface area contributed by atoms with Crippen LogP contribution in [0.3, 0.4) is 0 Å². The van der Waals surface area contributed by atoms with E-state index in [1.807, 2.05) is 29.7 Å². The van der Waals surface area contributed by atoms with Crippen molar-refractivity contribution in [2.75, 3.05) is 32.8 Å². The number of carbonyl (C=O) groups is 1. The molecule has 1 aromatic heterocycles. The predicted molar refractivity (Wildman–Crippen MR) is 80.2 cm³/mol. The lowest BCUT2D eigenvalue weighted by molar-refractivity contribution is 0.0364. The molecule has 6 heteroatoms. The van der Waals surface area contributed by atoms with Gasteiger partial charge in [-0.1, -0.05) is 6.07 Å². The second-order valence-corrected chi connectivity index (χ2v) is 5.40. The van der Waals surface area contributed by atoms with Gasteiger partial charge in [-0.05, 0) is 24.6 Å². The van der Waals surface area contributed by atoms with Crippen LogP contribution in [0, 0.1) is 6.92 Å². The Hall–Kier alpha value is -1.92. The molecule has 1 aliphatic heterocycles. The molecule has 0 spiro atoms. The number of fused-ring (bicyclic) bond motifs is 1. The smallest absolute Gasteiger partial charge is 0.284 e. The maximum Gasteiger partial charge on any atom is 0.284 e. The van der Waals surface area contributed by atoms with Gasteiger partial charge in [-0.2, -0.15) is 0 Å². The normalized spacial score (nSPS) is 16.4. The predicted octanol–water partition coefficient (Wildman–Crippen LogP) is 0.776. The van der Waals surface area contributed by atoms with Gasteiger partial charge in [0.1, 0.15) is 0 Å². The zero-order valence-corrected chi connectivity index (χ0v) is 12.2. The Balaban J connectivity index is 1.89. The molecule has 0 saturated carbocycles. The quantitative estimate of drug-likeness (QED) is 0.902. The van der Waals surface area contributed by atoms with Crippen molar-refractivity contribution in [3.63, 3.8) is 0 Å². The highest BCUT2D eigenvalue weighted by Crippen LogP contribution is 2.18. The van der Waals surface area contributed by atoms with Crippen molar-refractivity contribution in [3.05, 3.63) is 29.6 Å². The van der Waals surface area contributed by atoms with Gasteiger partial charge in [0, 0.05) is 26.2 Å². The number of rotatable bonds is 4. The number of nitrogens with two attached hydrogens (primary N) is 1. The third-order valence-corrected chi connectivity index (χ3v) is 3.87. The van der Waals surface area contributed by atoms with E-state index in [0.717, 1.165) is 49.4 Å². The molecule has 1 fully saturated rings. The van der Waals surface area contributed by atoms with Gasteiger partial charge in [0.15, 0.2) is 5.82 Å². The van der Waals surface area contributed by atoms with E-state index in [0.29, 0.717) is 12.4 Å². The van der Waals surface area contributed by atoms with E-state index in [9.17, 15) is 4.79 Å². The summed E-state index contributed by atoms with van der Waals surface area (Å²) in [5.74, 6) is -0.144. The van der Waals surface area contributed by atoms with E-state index in [2.05, 4.69) is 9.88 Å². The molecule has 1 saturated heterocycles. The highest BCUT2D eigenvalue weighted by Gasteiger charge is 2.17. The second-order valence-electron chi connectivity index (χ2n) is 5.40. The van der Waals surface area contributed by atoms with Crippen molar-refractivity contribution in [1.29, 1.82) is 0 Å². The van der Waals surface area contributed by atoms with E-state index in [1.54, 1.807) is 0 Å². The number of ether oxygens (including phenoxy) is 1. The van der Waals surface area contributed by atoms with Gasteiger partial charge in [0.2, 0.25) is 0 Å². The molecule has 0 bridgehead atoms. The minimum atomic E-state index is -0.481. The van der Waals surface area contributed by atoms with Gasteiger partial charge >= 0.3 is 0 Å². The number of primary amides is 1. The van der Waals surface area contributed by atoms with Crippen LogP contribution in [0.15, 0.2) is 18.2 Å². The molecule has 0 radical (unpaired) electrons. The summed E-state index contributed by atoms with van der Waals surface area (Å²) in [4.78, 5) is 18.3. The van der Waals surface area contributed by atoms with Crippen molar-refractivity contribution >= 4 is 16.9 Å². The Morgan fingerprint density at radius 2 is 2.10 bits per heavy atom. The van der Waals surface area contributed by atoms with Crippen molar-refractivity contribution in [1.82, 2.24) is 14.5 Å². The number of aromatic nitrogens is 2. The standard InChI is InChI=1S/C15H20N4O2/c1-11-2-3-12-13(10-11)19(15(17-12)14(16)20)5-4-18-6-8-21-9-7-18/h2-3,10H,4-9H2,1H3,(H2,16,20). The molecule has 0 atom stereocenters. The monoisotopic (exact) mass is 288 g/mol. The molecule has 1 aliphatic rings. The second kappa shape index (κ2) is 5.83. The van der Waals surface area contributed by atoms with Crippen LogP contribution in [-0.2, 0) is 11.3 Å². The number of aryl methyl sites for hydroxylation is 1. The maximum atomic E-state index is 11.6. The molecule has 2 N–H and O–H groups in total. The van der Waals surface area contributed by atoms with Gasteiger partial charge < -0.3 is 15.0 Å². The van der Waals surface area contributed by atoms with Gasteiger partial charge in [-0.3, -0.25) is 9.69 Å². The summed E-state index contributed by atoms with van der Waals surface area (Å²) in [5, 5.41) is 0. The third-order valence-electron chi connectivity index (χ3n) is 3.87. The highest BCUT2D eigenvalue weighted by atomic mass is 16.5. The summed E-state index contributed by atoms with van der Waals surface area (Å²) in [6.07, 6.45) is 0. The zero-order chi connectivity index (χ0) is 14.8. The lowest BCUT2D eigenvalue weighted by atomic mass is 10.2. The average molecular weight is 288 g/mol. The Bertz CT molecular complexity index is 659. The Morgan fingerprint density at radius 1 is 1.33 bits per heavy atom. The number of hydrogen-bond donors (Lipinski definition) is 1. The first-order valence-corrected chi connectivity index (χ1v) is 7.22. The molecule has 1 aromatic carbocycles. The first-order valence-electron chi connectivity index (χ1n) is 7.22. The number of imidazole rings is 1. The summed E-state index contributed by atoms with van der Waals surface area (Å²) in [6, 6.07) is 5.98. The molecule has 1 amide bonds. The minimum Gasteiger partial charge on any atom is -0.379 e. The summed E-state index contributed by atoms with van der Waals surface area (Å²) in [7, 11) is 0. The number of benzene rings is 1. The molecular weight excluding hydrogens is 268 g/mol. The third kappa shape index (κ3) is 2.91. The number of morpholine rings is 1. The van der Waals surface area contributed by atoms with Crippen molar-refractivity contribution in [2.45, 2.75) is 13.5 Å². The summed E-state index contributed by atoms with van der Waals surface area (Å²) >= 11 is 0. The van der Waals surface area contributed by atoms with E-state index in [1.165, 1.54) is 0 Å². The summed E-state index contributed by atoms with van der Waals surface area (Å²) in [5.41, 5.74) is 8.40. The molecule has 0 aliphatic carbocycles. The molecule has 2 aromatic rings. The van der Waals surface area contributed by atoms with Crippen molar-refractivity contribution in [3.8, 4) is 0 Å².